The molecule has 0 bridgehead atoms. The topological polar surface area (TPSA) is 75.9 Å². The van der Waals surface area contributed by atoms with E-state index < -0.39 is 0 Å². The van der Waals surface area contributed by atoms with Crippen LogP contribution in [0, 0.1) is 6.92 Å². The number of hydrogen-bond donors (Lipinski definition) is 1. The summed E-state index contributed by atoms with van der Waals surface area (Å²) in [6.45, 7) is 3.39. The van der Waals surface area contributed by atoms with E-state index in [-0.39, 0.29) is 5.91 Å². The lowest BCUT2D eigenvalue weighted by molar-refractivity contribution is 0.0700. The summed E-state index contributed by atoms with van der Waals surface area (Å²) >= 11 is 0. The highest BCUT2D eigenvalue weighted by molar-refractivity contribution is 5.93. The largest absolute Gasteiger partial charge is 0.337 e. The normalized spacial score (nSPS) is 15.5. The molecule has 0 unspecified atom stereocenters. The molecule has 7 nitrogen and oxygen atoms in total. The van der Waals surface area contributed by atoms with Crippen molar-refractivity contribution in [1.82, 2.24) is 30.2 Å². The molecule has 0 saturated carbocycles. The van der Waals surface area contributed by atoms with Gasteiger partial charge >= 0.3 is 0 Å². The number of carbonyl (C=O) groups excluding carboxylic acids is 1. The molecule has 1 aromatic carbocycles. The average molecular weight is 350 g/mol. The number of rotatable bonds is 3. The molecule has 26 heavy (non-hydrogen) atoms. The van der Waals surface area contributed by atoms with Gasteiger partial charge in [-0.1, -0.05) is 11.3 Å². The summed E-state index contributed by atoms with van der Waals surface area (Å²) in [6.07, 6.45) is 3.71. The van der Waals surface area contributed by atoms with Crippen LogP contribution in [0.15, 0.2) is 36.5 Å². The van der Waals surface area contributed by atoms with Crippen molar-refractivity contribution in [3.63, 3.8) is 0 Å². The quantitative estimate of drug-likeness (QED) is 0.781. The van der Waals surface area contributed by atoms with E-state index in [4.69, 9.17) is 0 Å². The van der Waals surface area contributed by atoms with Crippen LogP contribution in [-0.4, -0.2) is 57.0 Å². The second kappa shape index (κ2) is 6.84. The van der Waals surface area contributed by atoms with Gasteiger partial charge in [-0.2, -0.15) is 0 Å². The Labute approximate surface area is 152 Å². The average Bonchev–Trinajstić information content (AvgIpc) is 3.08. The van der Waals surface area contributed by atoms with Crippen molar-refractivity contribution in [3.8, 4) is 5.69 Å². The van der Waals surface area contributed by atoms with Crippen molar-refractivity contribution in [2.45, 2.75) is 25.8 Å². The van der Waals surface area contributed by atoms with Gasteiger partial charge in [0.2, 0.25) is 0 Å². The zero-order chi connectivity index (χ0) is 18.1. The molecular formula is C19H22N6O. The summed E-state index contributed by atoms with van der Waals surface area (Å²) < 4.78 is 1.72. The number of hydrogen-bond acceptors (Lipinski definition) is 5. The van der Waals surface area contributed by atoms with Crippen LogP contribution < -0.4 is 5.32 Å². The molecule has 1 aliphatic rings. The number of nitrogens with zero attached hydrogens (tertiary/aromatic N) is 5. The molecule has 2 aromatic heterocycles. The smallest absolute Gasteiger partial charge is 0.276 e. The van der Waals surface area contributed by atoms with Crippen LogP contribution >= 0.6 is 0 Å². The van der Waals surface area contributed by atoms with Crippen LogP contribution in [0.3, 0.4) is 0 Å². The van der Waals surface area contributed by atoms with Crippen LogP contribution in [-0.2, 0) is 0 Å². The Hall–Kier alpha value is -2.80. The van der Waals surface area contributed by atoms with Gasteiger partial charge in [0.05, 0.1) is 16.9 Å². The summed E-state index contributed by atoms with van der Waals surface area (Å²) in [5.74, 6) is -0.0363. The molecule has 1 fully saturated rings. The fourth-order valence-corrected chi connectivity index (χ4v) is 3.49. The van der Waals surface area contributed by atoms with Gasteiger partial charge in [0, 0.05) is 30.7 Å². The third-order valence-corrected chi connectivity index (χ3v) is 5.12. The first kappa shape index (κ1) is 16.7. The molecule has 1 amide bonds. The predicted molar refractivity (Wildman–Crippen MR) is 99.4 cm³/mol. The monoisotopic (exact) mass is 350 g/mol. The van der Waals surface area contributed by atoms with Gasteiger partial charge in [0.25, 0.3) is 5.91 Å². The fourth-order valence-electron chi connectivity index (χ4n) is 3.49. The summed E-state index contributed by atoms with van der Waals surface area (Å²) in [5.41, 5.74) is 2.99. The molecular weight excluding hydrogens is 328 g/mol. The number of carbonyl (C=O) groups is 1. The maximum Gasteiger partial charge on any atom is 0.276 e. The van der Waals surface area contributed by atoms with Crippen LogP contribution in [0.5, 0.6) is 0 Å². The molecule has 134 valence electrons. The number of piperidine rings is 1. The Morgan fingerprint density at radius 2 is 2.04 bits per heavy atom. The van der Waals surface area contributed by atoms with E-state index in [1.807, 2.05) is 49.2 Å². The van der Waals surface area contributed by atoms with Crippen molar-refractivity contribution in [2.75, 3.05) is 20.1 Å². The summed E-state index contributed by atoms with van der Waals surface area (Å²) in [4.78, 5) is 19.1. The molecule has 3 aromatic rings. The molecule has 1 N–H and O–H groups in total. The SMILES string of the molecule is CNC1CCN(C(=O)c2nnn(-c3ccc4ncccc4c3)c2C)CC1. The highest BCUT2D eigenvalue weighted by Gasteiger charge is 2.26. The van der Waals surface area contributed by atoms with Gasteiger partial charge in [0.1, 0.15) is 0 Å². The van der Waals surface area contributed by atoms with Crippen LogP contribution in [0.2, 0.25) is 0 Å². The lowest BCUT2D eigenvalue weighted by Crippen LogP contribution is -2.44. The molecule has 0 aliphatic carbocycles. The lowest BCUT2D eigenvalue weighted by atomic mass is 10.0. The van der Waals surface area contributed by atoms with Crippen molar-refractivity contribution >= 4 is 16.8 Å². The van der Waals surface area contributed by atoms with Gasteiger partial charge in [-0.05, 0) is 51.1 Å². The van der Waals surface area contributed by atoms with E-state index in [1.165, 1.54) is 0 Å². The first-order valence-corrected chi connectivity index (χ1v) is 8.91. The first-order valence-electron chi connectivity index (χ1n) is 8.91. The van der Waals surface area contributed by atoms with Gasteiger partial charge in [-0.25, -0.2) is 4.68 Å². The van der Waals surface area contributed by atoms with E-state index in [9.17, 15) is 4.79 Å². The minimum atomic E-state index is -0.0363. The number of pyridine rings is 1. The third-order valence-electron chi connectivity index (χ3n) is 5.12. The van der Waals surface area contributed by atoms with E-state index in [0.29, 0.717) is 11.7 Å². The van der Waals surface area contributed by atoms with Crippen molar-refractivity contribution in [2.24, 2.45) is 0 Å². The highest BCUT2D eigenvalue weighted by Crippen LogP contribution is 2.20. The summed E-state index contributed by atoms with van der Waals surface area (Å²) in [5, 5.41) is 12.7. The minimum Gasteiger partial charge on any atom is -0.337 e. The first-order chi connectivity index (χ1) is 12.7. The number of aromatic nitrogens is 4. The van der Waals surface area contributed by atoms with Crippen LogP contribution in [0.1, 0.15) is 29.0 Å². The number of likely N-dealkylation sites (tertiary alicyclic amines) is 1. The Kier molecular flexibility index (Phi) is 4.38. The molecule has 0 spiro atoms. The number of nitrogens with one attached hydrogen (secondary N) is 1. The zero-order valence-corrected chi connectivity index (χ0v) is 15.0. The minimum absolute atomic E-state index is 0.0363. The molecule has 4 rings (SSSR count). The maximum absolute atomic E-state index is 12.9. The molecule has 0 atom stereocenters. The van der Waals surface area contributed by atoms with Crippen molar-refractivity contribution in [3.05, 3.63) is 47.9 Å². The van der Waals surface area contributed by atoms with Crippen molar-refractivity contribution in [1.29, 1.82) is 0 Å². The van der Waals surface area contributed by atoms with E-state index in [1.54, 1.807) is 10.9 Å². The molecule has 7 heteroatoms. The zero-order valence-electron chi connectivity index (χ0n) is 15.0. The molecule has 3 heterocycles. The molecule has 1 aliphatic heterocycles. The second-order valence-electron chi connectivity index (χ2n) is 6.67. The lowest BCUT2D eigenvalue weighted by Gasteiger charge is -2.31. The van der Waals surface area contributed by atoms with Crippen LogP contribution in [0.4, 0.5) is 0 Å². The predicted octanol–water partition coefficient (Wildman–Crippen LogP) is 1.95. The standard InChI is InChI=1S/C19H22N6O/c1-13-18(19(26)24-10-7-15(20-2)8-11-24)22-23-25(13)16-5-6-17-14(12-16)4-3-9-21-17/h3-6,9,12,15,20H,7-8,10-11H2,1-2H3. The fraction of sp³-hybridized carbons (Fsp3) is 0.368. The van der Waals surface area contributed by atoms with Gasteiger partial charge in [0.15, 0.2) is 5.69 Å². The summed E-state index contributed by atoms with van der Waals surface area (Å²) in [6, 6.07) is 10.3. The molecule has 0 radical (unpaired) electrons. The van der Waals surface area contributed by atoms with Crippen molar-refractivity contribution < 1.29 is 4.79 Å². The van der Waals surface area contributed by atoms with E-state index >= 15 is 0 Å². The van der Waals surface area contributed by atoms with E-state index in [0.717, 1.165) is 48.2 Å². The second-order valence-corrected chi connectivity index (χ2v) is 6.67. The van der Waals surface area contributed by atoms with E-state index in [2.05, 4.69) is 20.6 Å². The Bertz CT molecular complexity index is 942. The maximum atomic E-state index is 12.9. The number of amides is 1. The third kappa shape index (κ3) is 2.94. The van der Waals surface area contributed by atoms with Crippen LogP contribution in [0.25, 0.3) is 16.6 Å². The van der Waals surface area contributed by atoms with Gasteiger partial charge in [-0.3, -0.25) is 9.78 Å². The number of benzene rings is 1. The highest BCUT2D eigenvalue weighted by atomic mass is 16.2. The summed E-state index contributed by atoms with van der Waals surface area (Å²) in [7, 11) is 1.97. The number of fused-ring (bicyclic) bond motifs is 1. The Morgan fingerprint density at radius 1 is 1.23 bits per heavy atom. The Balaban J connectivity index is 1.60. The van der Waals surface area contributed by atoms with Gasteiger partial charge in [-0.15, -0.1) is 5.10 Å². The Morgan fingerprint density at radius 3 is 2.81 bits per heavy atom. The van der Waals surface area contributed by atoms with Gasteiger partial charge < -0.3 is 10.2 Å². The molecule has 1 saturated heterocycles.